The molecular formula is C12H24N4O2. The Morgan fingerprint density at radius 3 is 2.50 bits per heavy atom. The lowest BCUT2D eigenvalue weighted by molar-refractivity contribution is 0.0518. The summed E-state index contributed by atoms with van der Waals surface area (Å²) in [6.07, 6.45) is 0.506. The van der Waals surface area contributed by atoms with E-state index >= 15 is 0 Å². The molecule has 2 unspecified atom stereocenters. The van der Waals surface area contributed by atoms with Gasteiger partial charge in [-0.05, 0) is 44.6 Å². The largest absolute Gasteiger partial charge is 0.444 e. The van der Waals surface area contributed by atoms with Gasteiger partial charge in [0.2, 0.25) is 0 Å². The van der Waals surface area contributed by atoms with E-state index in [2.05, 4.69) is 15.3 Å². The maximum absolute atomic E-state index is 11.4. The Morgan fingerprint density at radius 1 is 1.39 bits per heavy atom. The Balaban J connectivity index is 3.85. The number of hydrogen-bond donors (Lipinski definition) is 1. The van der Waals surface area contributed by atoms with Crippen molar-refractivity contribution in [2.75, 3.05) is 13.1 Å². The molecule has 2 atom stereocenters. The Labute approximate surface area is 109 Å². The molecule has 0 heterocycles. The second-order valence-electron chi connectivity index (χ2n) is 5.74. The summed E-state index contributed by atoms with van der Waals surface area (Å²) in [7, 11) is 0. The highest BCUT2D eigenvalue weighted by Gasteiger charge is 2.16. The second-order valence-corrected chi connectivity index (χ2v) is 5.74. The van der Waals surface area contributed by atoms with Crippen molar-refractivity contribution in [1.29, 1.82) is 0 Å². The van der Waals surface area contributed by atoms with Crippen molar-refractivity contribution in [3.05, 3.63) is 10.4 Å². The molecule has 1 amide bonds. The minimum Gasteiger partial charge on any atom is -0.444 e. The van der Waals surface area contributed by atoms with Crippen LogP contribution in [0.25, 0.3) is 10.4 Å². The number of carbonyl (C=O) groups excluding carboxylic acids is 1. The van der Waals surface area contributed by atoms with Crippen LogP contribution < -0.4 is 5.32 Å². The van der Waals surface area contributed by atoms with Gasteiger partial charge >= 0.3 is 6.09 Å². The fourth-order valence-corrected chi connectivity index (χ4v) is 1.59. The Kier molecular flexibility index (Phi) is 7.20. The van der Waals surface area contributed by atoms with Crippen LogP contribution in [0.3, 0.4) is 0 Å². The molecule has 0 radical (unpaired) electrons. The molecule has 0 spiro atoms. The molecule has 104 valence electrons. The molecule has 0 aromatic carbocycles. The summed E-state index contributed by atoms with van der Waals surface area (Å²) in [5, 5.41) is 6.27. The maximum Gasteiger partial charge on any atom is 0.407 e. The van der Waals surface area contributed by atoms with E-state index in [1.807, 2.05) is 34.6 Å². The zero-order valence-corrected chi connectivity index (χ0v) is 11.9. The van der Waals surface area contributed by atoms with Gasteiger partial charge in [-0.1, -0.05) is 19.0 Å². The van der Waals surface area contributed by atoms with Crippen molar-refractivity contribution in [3.8, 4) is 0 Å². The summed E-state index contributed by atoms with van der Waals surface area (Å²) in [5.74, 6) is 0.637. The normalized spacial score (nSPS) is 14.3. The number of carbonyl (C=O) groups is 1. The van der Waals surface area contributed by atoms with Crippen molar-refractivity contribution >= 4 is 6.09 Å². The molecule has 0 saturated heterocycles. The SMILES string of the molecule is CC(CN=[N+]=[N-])CC(C)CNC(=O)OC(C)(C)C. The monoisotopic (exact) mass is 256 g/mol. The summed E-state index contributed by atoms with van der Waals surface area (Å²) in [5.41, 5.74) is 7.75. The maximum atomic E-state index is 11.4. The van der Waals surface area contributed by atoms with E-state index in [4.69, 9.17) is 10.3 Å². The first-order chi connectivity index (χ1) is 8.24. The lowest BCUT2D eigenvalue weighted by Gasteiger charge is -2.21. The first kappa shape index (κ1) is 16.6. The molecule has 18 heavy (non-hydrogen) atoms. The molecule has 0 aromatic heterocycles. The quantitative estimate of drug-likeness (QED) is 0.448. The molecule has 1 N–H and O–H groups in total. The van der Waals surface area contributed by atoms with E-state index in [1.165, 1.54) is 0 Å². The van der Waals surface area contributed by atoms with Gasteiger partial charge in [-0.15, -0.1) is 0 Å². The number of amides is 1. The standard InChI is InChI=1S/C12H24N4O2/c1-9(6-10(2)8-15-16-13)7-14-11(17)18-12(3,4)5/h9-10H,6-8H2,1-5H3,(H,14,17). The number of nitrogens with one attached hydrogen (secondary N) is 1. The van der Waals surface area contributed by atoms with Crippen LogP contribution in [0.4, 0.5) is 4.79 Å². The van der Waals surface area contributed by atoms with E-state index in [1.54, 1.807) is 0 Å². The number of ether oxygens (including phenoxy) is 1. The van der Waals surface area contributed by atoms with E-state index in [9.17, 15) is 4.79 Å². The molecule has 0 aliphatic rings. The van der Waals surface area contributed by atoms with Gasteiger partial charge < -0.3 is 10.1 Å². The fourth-order valence-electron chi connectivity index (χ4n) is 1.59. The van der Waals surface area contributed by atoms with Gasteiger partial charge in [-0.25, -0.2) is 4.79 Å². The molecule has 0 aromatic rings. The predicted octanol–water partition coefficient (Wildman–Crippen LogP) is 3.48. The Bertz CT molecular complexity index is 306. The van der Waals surface area contributed by atoms with Crippen molar-refractivity contribution in [2.45, 2.75) is 46.6 Å². The van der Waals surface area contributed by atoms with Gasteiger partial charge in [0.15, 0.2) is 0 Å². The van der Waals surface area contributed by atoms with Crippen LogP contribution >= 0.6 is 0 Å². The van der Waals surface area contributed by atoms with Crippen molar-refractivity contribution in [2.24, 2.45) is 17.0 Å². The Hall–Kier alpha value is -1.42. The van der Waals surface area contributed by atoms with Crippen LogP contribution in [0, 0.1) is 11.8 Å². The average molecular weight is 256 g/mol. The molecule has 0 aliphatic heterocycles. The van der Waals surface area contributed by atoms with E-state index in [0.29, 0.717) is 24.9 Å². The number of nitrogens with zero attached hydrogens (tertiary/aromatic N) is 3. The number of azide groups is 1. The highest BCUT2D eigenvalue weighted by atomic mass is 16.6. The Morgan fingerprint density at radius 2 is 2.00 bits per heavy atom. The molecule has 6 nitrogen and oxygen atoms in total. The highest BCUT2D eigenvalue weighted by molar-refractivity contribution is 5.67. The number of alkyl carbamates (subject to hydrolysis) is 1. The minimum absolute atomic E-state index is 0.316. The fraction of sp³-hybridized carbons (Fsp3) is 0.917. The number of hydrogen-bond acceptors (Lipinski definition) is 3. The van der Waals surface area contributed by atoms with Crippen LogP contribution in [-0.2, 0) is 4.74 Å². The van der Waals surface area contributed by atoms with Gasteiger partial charge in [-0.2, -0.15) is 0 Å². The second kappa shape index (κ2) is 7.82. The van der Waals surface area contributed by atoms with Crippen molar-refractivity contribution < 1.29 is 9.53 Å². The average Bonchev–Trinajstić information content (AvgIpc) is 2.21. The molecule has 6 heteroatoms. The van der Waals surface area contributed by atoms with Gasteiger partial charge in [0, 0.05) is 18.0 Å². The van der Waals surface area contributed by atoms with Gasteiger partial charge in [0.1, 0.15) is 5.60 Å². The van der Waals surface area contributed by atoms with E-state index in [-0.39, 0.29) is 0 Å². The number of rotatable bonds is 6. The van der Waals surface area contributed by atoms with Gasteiger partial charge in [-0.3, -0.25) is 0 Å². The van der Waals surface area contributed by atoms with E-state index in [0.717, 1.165) is 6.42 Å². The summed E-state index contributed by atoms with van der Waals surface area (Å²) < 4.78 is 5.14. The van der Waals surface area contributed by atoms with Crippen molar-refractivity contribution in [1.82, 2.24) is 5.32 Å². The smallest absolute Gasteiger partial charge is 0.407 e. The summed E-state index contributed by atoms with van der Waals surface area (Å²) in [6, 6.07) is 0. The molecule has 0 aliphatic carbocycles. The van der Waals surface area contributed by atoms with Crippen LogP contribution in [0.15, 0.2) is 5.11 Å². The van der Waals surface area contributed by atoms with Crippen LogP contribution in [0.2, 0.25) is 0 Å². The summed E-state index contributed by atoms with van der Waals surface area (Å²) in [6.45, 7) is 10.6. The first-order valence-electron chi connectivity index (χ1n) is 6.22. The van der Waals surface area contributed by atoms with Crippen LogP contribution in [-0.4, -0.2) is 24.8 Å². The zero-order chi connectivity index (χ0) is 14.2. The van der Waals surface area contributed by atoms with Gasteiger partial charge in [0.25, 0.3) is 0 Å². The molecule has 0 saturated carbocycles. The molecule has 0 fully saturated rings. The van der Waals surface area contributed by atoms with E-state index < -0.39 is 11.7 Å². The lowest BCUT2D eigenvalue weighted by Crippen LogP contribution is -2.35. The third kappa shape index (κ3) is 9.78. The third-order valence-electron chi connectivity index (χ3n) is 2.26. The topological polar surface area (TPSA) is 87.1 Å². The predicted molar refractivity (Wildman–Crippen MR) is 71.2 cm³/mol. The van der Waals surface area contributed by atoms with Crippen molar-refractivity contribution in [3.63, 3.8) is 0 Å². The minimum atomic E-state index is -0.470. The van der Waals surface area contributed by atoms with Crippen LogP contribution in [0.1, 0.15) is 41.0 Å². The molecule has 0 rings (SSSR count). The third-order valence-corrected chi connectivity index (χ3v) is 2.26. The van der Waals surface area contributed by atoms with Gasteiger partial charge in [0.05, 0.1) is 0 Å². The summed E-state index contributed by atoms with van der Waals surface area (Å²) >= 11 is 0. The summed E-state index contributed by atoms with van der Waals surface area (Å²) in [4.78, 5) is 14.2. The lowest BCUT2D eigenvalue weighted by atomic mass is 9.97. The highest BCUT2D eigenvalue weighted by Crippen LogP contribution is 2.12. The molecular weight excluding hydrogens is 232 g/mol. The zero-order valence-electron chi connectivity index (χ0n) is 11.9. The van der Waals surface area contributed by atoms with Crippen LogP contribution in [0.5, 0.6) is 0 Å². The molecule has 0 bridgehead atoms. The first-order valence-corrected chi connectivity index (χ1v) is 6.22.